The zero-order valence-electron chi connectivity index (χ0n) is 16.5. The molecule has 148 valence electrons. The summed E-state index contributed by atoms with van der Waals surface area (Å²) in [5, 5.41) is 0. The lowest BCUT2D eigenvalue weighted by atomic mass is 10.1. The molecular formula is C23H25N5O. The molecule has 5 rings (SSSR count). The van der Waals surface area contributed by atoms with Crippen LogP contribution in [0.5, 0.6) is 0 Å². The van der Waals surface area contributed by atoms with E-state index in [1.807, 2.05) is 24.5 Å². The van der Waals surface area contributed by atoms with Gasteiger partial charge in [0, 0.05) is 62.1 Å². The van der Waals surface area contributed by atoms with Crippen LogP contribution in [-0.2, 0) is 0 Å². The number of nitrogens with one attached hydrogen (secondary N) is 1. The molecule has 2 aliphatic heterocycles. The van der Waals surface area contributed by atoms with E-state index in [4.69, 9.17) is 0 Å². The number of pyridine rings is 3. The van der Waals surface area contributed by atoms with Crippen molar-refractivity contribution in [2.24, 2.45) is 0 Å². The predicted octanol–water partition coefficient (Wildman–Crippen LogP) is 3.70. The summed E-state index contributed by atoms with van der Waals surface area (Å²) in [7, 11) is 0. The first kappa shape index (κ1) is 17.9. The van der Waals surface area contributed by atoms with E-state index < -0.39 is 0 Å². The van der Waals surface area contributed by atoms with Crippen molar-refractivity contribution in [2.75, 3.05) is 36.0 Å². The summed E-state index contributed by atoms with van der Waals surface area (Å²) < 4.78 is 0. The Hall–Kier alpha value is -3.15. The lowest BCUT2D eigenvalue weighted by molar-refractivity contribution is 0.949. The third kappa shape index (κ3) is 3.75. The summed E-state index contributed by atoms with van der Waals surface area (Å²) in [5.74, 6) is 0. The molecule has 2 aliphatic rings. The molecule has 0 unspecified atom stereocenters. The fourth-order valence-electron chi connectivity index (χ4n) is 4.30. The molecule has 0 aliphatic carbocycles. The Kier molecular flexibility index (Phi) is 4.76. The van der Waals surface area contributed by atoms with E-state index in [0.717, 1.165) is 60.3 Å². The molecule has 3 aromatic heterocycles. The second-order valence-corrected chi connectivity index (χ2v) is 7.83. The van der Waals surface area contributed by atoms with Crippen molar-refractivity contribution in [1.29, 1.82) is 0 Å². The van der Waals surface area contributed by atoms with Crippen molar-refractivity contribution in [2.45, 2.75) is 25.7 Å². The molecule has 3 aromatic rings. The zero-order valence-corrected chi connectivity index (χ0v) is 16.5. The molecule has 6 nitrogen and oxygen atoms in total. The zero-order chi connectivity index (χ0) is 19.6. The quantitative estimate of drug-likeness (QED) is 0.739. The summed E-state index contributed by atoms with van der Waals surface area (Å²) in [4.78, 5) is 29.6. The largest absolute Gasteiger partial charge is 0.371 e. The maximum atomic E-state index is 12.4. The first-order valence-electron chi connectivity index (χ1n) is 10.4. The first-order valence-corrected chi connectivity index (χ1v) is 10.4. The van der Waals surface area contributed by atoms with Gasteiger partial charge in [0.1, 0.15) is 0 Å². The molecule has 2 fully saturated rings. The monoisotopic (exact) mass is 387 g/mol. The van der Waals surface area contributed by atoms with Gasteiger partial charge in [0.15, 0.2) is 5.43 Å². The van der Waals surface area contributed by atoms with Crippen LogP contribution in [0, 0.1) is 0 Å². The van der Waals surface area contributed by atoms with E-state index >= 15 is 0 Å². The van der Waals surface area contributed by atoms with Crippen LogP contribution >= 0.6 is 0 Å². The van der Waals surface area contributed by atoms with Gasteiger partial charge in [-0.15, -0.1) is 0 Å². The highest BCUT2D eigenvalue weighted by atomic mass is 16.1. The summed E-state index contributed by atoms with van der Waals surface area (Å²) in [6.45, 7) is 4.31. The number of H-pyrrole nitrogens is 1. The summed E-state index contributed by atoms with van der Waals surface area (Å²) >= 11 is 0. The number of hydrogen-bond donors (Lipinski definition) is 1. The minimum atomic E-state index is -0.0458. The van der Waals surface area contributed by atoms with Crippen LogP contribution < -0.4 is 15.2 Å². The van der Waals surface area contributed by atoms with Crippen molar-refractivity contribution < 1.29 is 0 Å². The van der Waals surface area contributed by atoms with Gasteiger partial charge in [0.25, 0.3) is 0 Å². The Morgan fingerprint density at radius 3 is 1.59 bits per heavy atom. The molecular weight excluding hydrogens is 362 g/mol. The summed E-state index contributed by atoms with van der Waals surface area (Å²) in [6, 6.07) is 11.4. The molecule has 0 bridgehead atoms. The Morgan fingerprint density at radius 2 is 1.14 bits per heavy atom. The van der Waals surface area contributed by atoms with Crippen LogP contribution in [0.3, 0.4) is 0 Å². The van der Waals surface area contributed by atoms with E-state index in [1.54, 1.807) is 12.1 Å². The lowest BCUT2D eigenvalue weighted by Gasteiger charge is -2.18. The SMILES string of the molecule is O=c1cc(-c2cc(N3CCCC3)ccn2)[nH]c(-c2cc(N3CCCC3)ccn2)c1. The van der Waals surface area contributed by atoms with Crippen LogP contribution in [0.15, 0.2) is 53.6 Å². The van der Waals surface area contributed by atoms with Crippen LogP contribution in [-0.4, -0.2) is 41.1 Å². The van der Waals surface area contributed by atoms with Gasteiger partial charge >= 0.3 is 0 Å². The van der Waals surface area contributed by atoms with Gasteiger partial charge in [-0.1, -0.05) is 0 Å². The van der Waals surface area contributed by atoms with Crippen LogP contribution in [0.1, 0.15) is 25.7 Å². The highest BCUT2D eigenvalue weighted by Gasteiger charge is 2.15. The van der Waals surface area contributed by atoms with E-state index in [0.29, 0.717) is 0 Å². The number of nitrogens with zero attached hydrogens (tertiary/aromatic N) is 4. The molecule has 5 heterocycles. The fourth-order valence-corrected chi connectivity index (χ4v) is 4.30. The third-order valence-electron chi connectivity index (χ3n) is 5.82. The number of rotatable bonds is 4. The van der Waals surface area contributed by atoms with Gasteiger partial charge in [0.05, 0.1) is 22.8 Å². The van der Waals surface area contributed by atoms with Crippen LogP contribution in [0.4, 0.5) is 11.4 Å². The number of anilines is 2. The number of aromatic amines is 1. The highest BCUT2D eigenvalue weighted by Crippen LogP contribution is 2.27. The topological polar surface area (TPSA) is 65.1 Å². The minimum absolute atomic E-state index is 0.0458. The molecule has 0 spiro atoms. The summed E-state index contributed by atoms with van der Waals surface area (Å²) in [5.41, 5.74) is 5.29. The molecule has 6 heteroatoms. The highest BCUT2D eigenvalue weighted by molar-refractivity contribution is 5.67. The standard InChI is InChI=1S/C23H25N5O/c29-19-15-22(20-13-17(5-7-24-20)27-9-1-2-10-27)26-23(16-19)21-14-18(6-8-25-21)28-11-3-4-12-28/h5-8,13-16H,1-4,9-12H2,(H,26,29). The Balaban J connectivity index is 1.50. The Morgan fingerprint density at radius 1 is 0.690 bits per heavy atom. The smallest absolute Gasteiger partial charge is 0.182 e. The molecule has 0 aromatic carbocycles. The summed E-state index contributed by atoms with van der Waals surface area (Å²) in [6.07, 6.45) is 8.54. The van der Waals surface area contributed by atoms with E-state index in [-0.39, 0.29) is 5.43 Å². The van der Waals surface area contributed by atoms with E-state index in [1.165, 1.54) is 25.7 Å². The van der Waals surface area contributed by atoms with Gasteiger partial charge in [-0.2, -0.15) is 0 Å². The maximum absolute atomic E-state index is 12.4. The molecule has 2 saturated heterocycles. The minimum Gasteiger partial charge on any atom is -0.371 e. The van der Waals surface area contributed by atoms with E-state index in [2.05, 4.69) is 36.9 Å². The van der Waals surface area contributed by atoms with Crippen LogP contribution in [0.25, 0.3) is 22.8 Å². The molecule has 0 saturated carbocycles. The fraction of sp³-hybridized carbons (Fsp3) is 0.348. The first-order chi connectivity index (χ1) is 14.3. The third-order valence-corrected chi connectivity index (χ3v) is 5.82. The normalized spacial score (nSPS) is 16.6. The van der Waals surface area contributed by atoms with Crippen molar-refractivity contribution in [3.05, 3.63) is 59.0 Å². The lowest BCUT2D eigenvalue weighted by Crippen LogP contribution is -2.17. The van der Waals surface area contributed by atoms with Crippen molar-refractivity contribution in [3.63, 3.8) is 0 Å². The van der Waals surface area contributed by atoms with Gasteiger partial charge in [-0.25, -0.2) is 0 Å². The van der Waals surface area contributed by atoms with Gasteiger partial charge in [-0.05, 0) is 49.9 Å². The van der Waals surface area contributed by atoms with Crippen molar-refractivity contribution >= 4 is 11.4 Å². The average Bonchev–Trinajstić information content (AvgIpc) is 3.48. The number of aromatic nitrogens is 3. The average molecular weight is 387 g/mol. The van der Waals surface area contributed by atoms with Crippen molar-refractivity contribution in [3.8, 4) is 22.8 Å². The van der Waals surface area contributed by atoms with E-state index in [9.17, 15) is 4.79 Å². The predicted molar refractivity (Wildman–Crippen MR) is 116 cm³/mol. The van der Waals surface area contributed by atoms with Crippen molar-refractivity contribution in [1.82, 2.24) is 15.0 Å². The molecule has 0 amide bonds. The Bertz CT molecular complexity index is 984. The van der Waals surface area contributed by atoms with Gasteiger partial charge in [-0.3, -0.25) is 14.8 Å². The van der Waals surface area contributed by atoms with Crippen LogP contribution in [0.2, 0.25) is 0 Å². The second kappa shape index (κ2) is 7.70. The maximum Gasteiger partial charge on any atom is 0.182 e. The van der Waals surface area contributed by atoms with Gasteiger partial charge in [0.2, 0.25) is 0 Å². The molecule has 0 radical (unpaired) electrons. The molecule has 0 atom stereocenters. The number of hydrogen-bond acceptors (Lipinski definition) is 5. The van der Waals surface area contributed by atoms with Gasteiger partial charge < -0.3 is 14.8 Å². The second-order valence-electron chi connectivity index (χ2n) is 7.83. The Labute approximate surface area is 170 Å². The molecule has 29 heavy (non-hydrogen) atoms. The molecule has 1 N–H and O–H groups in total.